The van der Waals surface area contributed by atoms with Gasteiger partial charge >= 0.3 is 0 Å². The van der Waals surface area contributed by atoms with Gasteiger partial charge in [0.1, 0.15) is 0 Å². The first-order chi connectivity index (χ1) is 6.86. The van der Waals surface area contributed by atoms with E-state index in [0.717, 1.165) is 52.0 Å². The summed E-state index contributed by atoms with van der Waals surface area (Å²) in [6.45, 7) is 4.27. The highest BCUT2D eigenvalue weighted by Gasteiger charge is 2.23. The summed E-state index contributed by atoms with van der Waals surface area (Å²) in [5.74, 6) is 0.297. The lowest BCUT2D eigenvalue weighted by Crippen LogP contribution is -2.48. The van der Waals surface area contributed by atoms with E-state index in [4.69, 9.17) is 4.74 Å². The summed E-state index contributed by atoms with van der Waals surface area (Å²) in [6, 6.07) is 0. The minimum atomic E-state index is 0.200. The van der Waals surface area contributed by atoms with E-state index < -0.39 is 0 Å². The number of piperidine rings is 1. The zero-order valence-electron chi connectivity index (χ0n) is 8.50. The number of hydrogen-bond acceptors (Lipinski definition) is 3. The molecule has 2 aliphatic rings. The average Bonchev–Trinajstić information content (AvgIpc) is 2.23. The van der Waals surface area contributed by atoms with Crippen LogP contribution in [-0.4, -0.2) is 49.7 Å². The molecule has 2 saturated heterocycles. The Kier molecular flexibility index (Phi) is 3.37. The number of morpholine rings is 1. The standard InChI is InChI=1S/C10H18N2O2/c13-10-3-1-2-5-12(10)8-9-7-11-4-6-14-9/h9,11H,1-8H2. The van der Waals surface area contributed by atoms with E-state index in [-0.39, 0.29) is 6.10 Å². The Bertz CT molecular complexity index is 202. The Morgan fingerprint density at radius 2 is 2.43 bits per heavy atom. The van der Waals surface area contributed by atoms with Crippen molar-refractivity contribution in [3.63, 3.8) is 0 Å². The minimum absolute atomic E-state index is 0.200. The molecule has 4 nitrogen and oxygen atoms in total. The highest BCUT2D eigenvalue weighted by molar-refractivity contribution is 5.76. The Morgan fingerprint density at radius 3 is 3.14 bits per heavy atom. The Balaban J connectivity index is 1.79. The number of likely N-dealkylation sites (tertiary alicyclic amines) is 1. The molecule has 1 N–H and O–H groups in total. The Morgan fingerprint density at radius 1 is 1.50 bits per heavy atom. The average molecular weight is 198 g/mol. The number of carbonyl (C=O) groups excluding carboxylic acids is 1. The topological polar surface area (TPSA) is 41.6 Å². The zero-order chi connectivity index (χ0) is 9.80. The number of nitrogens with zero attached hydrogens (tertiary/aromatic N) is 1. The number of amides is 1. The van der Waals surface area contributed by atoms with Crippen LogP contribution in [0.2, 0.25) is 0 Å². The summed E-state index contributed by atoms with van der Waals surface area (Å²) in [5, 5.41) is 3.28. The summed E-state index contributed by atoms with van der Waals surface area (Å²) in [5.41, 5.74) is 0. The van der Waals surface area contributed by atoms with Gasteiger partial charge in [0.15, 0.2) is 0 Å². The van der Waals surface area contributed by atoms with Gasteiger partial charge in [-0.25, -0.2) is 0 Å². The number of carbonyl (C=O) groups is 1. The lowest BCUT2D eigenvalue weighted by molar-refractivity contribution is -0.135. The lowest BCUT2D eigenvalue weighted by atomic mass is 10.1. The number of rotatable bonds is 2. The second-order valence-corrected chi connectivity index (χ2v) is 3.99. The fraction of sp³-hybridized carbons (Fsp3) is 0.900. The molecule has 0 saturated carbocycles. The largest absolute Gasteiger partial charge is 0.374 e. The van der Waals surface area contributed by atoms with Gasteiger partial charge < -0.3 is 15.0 Å². The fourth-order valence-corrected chi connectivity index (χ4v) is 2.04. The molecule has 2 heterocycles. The highest BCUT2D eigenvalue weighted by Crippen LogP contribution is 2.11. The molecule has 1 amide bonds. The monoisotopic (exact) mass is 198 g/mol. The molecule has 0 bridgehead atoms. The SMILES string of the molecule is O=C1CCCCN1CC1CNCCO1. The van der Waals surface area contributed by atoms with E-state index in [9.17, 15) is 4.79 Å². The van der Waals surface area contributed by atoms with Crippen LogP contribution in [0.15, 0.2) is 0 Å². The maximum absolute atomic E-state index is 11.5. The van der Waals surface area contributed by atoms with Gasteiger partial charge in [0, 0.05) is 32.6 Å². The molecule has 0 radical (unpaired) electrons. The van der Waals surface area contributed by atoms with E-state index in [1.807, 2.05) is 4.90 Å². The maximum atomic E-state index is 11.5. The van der Waals surface area contributed by atoms with E-state index in [2.05, 4.69) is 5.32 Å². The van der Waals surface area contributed by atoms with Gasteiger partial charge in [0.2, 0.25) is 5.91 Å². The number of hydrogen-bond donors (Lipinski definition) is 1. The molecule has 1 atom stereocenters. The molecule has 0 aromatic carbocycles. The maximum Gasteiger partial charge on any atom is 0.222 e. The molecule has 2 rings (SSSR count). The van der Waals surface area contributed by atoms with Crippen molar-refractivity contribution in [2.24, 2.45) is 0 Å². The fourth-order valence-electron chi connectivity index (χ4n) is 2.04. The Hall–Kier alpha value is -0.610. The third kappa shape index (κ3) is 2.45. The van der Waals surface area contributed by atoms with E-state index in [1.165, 1.54) is 0 Å². The zero-order valence-corrected chi connectivity index (χ0v) is 8.50. The lowest BCUT2D eigenvalue weighted by Gasteiger charge is -2.32. The molecule has 0 aromatic rings. The van der Waals surface area contributed by atoms with Crippen molar-refractivity contribution in [1.82, 2.24) is 10.2 Å². The second kappa shape index (κ2) is 4.75. The molecule has 2 aliphatic heterocycles. The molecular weight excluding hydrogens is 180 g/mol. The van der Waals surface area contributed by atoms with Gasteiger partial charge in [-0.1, -0.05) is 0 Å². The van der Waals surface area contributed by atoms with Crippen LogP contribution >= 0.6 is 0 Å². The van der Waals surface area contributed by atoms with Crippen LogP contribution in [0.4, 0.5) is 0 Å². The van der Waals surface area contributed by atoms with Crippen LogP contribution in [0.5, 0.6) is 0 Å². The van der Waals surface area contributed by atoms with Gasteiger partial charge in [0.05, 0.1) is 12.7 Å². The van der Waals surface area contributed by atoms with Gasteiger partial charge in [-0.15, -0.1) is 0 Å². The van der Waals surface area contributed by atoms with Gasteiger partial charge in [-0.2, -0.15) is 0 Å². The normalized spacial score (nSPS) is 29.3. The van der Waals surface area contributed by atoms with Crippen LogP contribution in [0, 0.1) is 0 Å². The van der Waals surface area contributed by atoms with Crippen molar-refractivity contribution in [2.75, 3.05) is 32.8 Å². The third-order valence-electron chi connectivity index (χ3n) is 2.85. The van der Waals surface area contributed by atoms with Crippen molar-refractivity contribution >= 4 is 5.91 Å². The van der Waals surface area contributed by atoms with Crippen molar-refractivity contribution in [3.05, 3.63) is 0 Å². The van der Waals surface area contributed by atoms with E-state index in [1.54, 1.807) is 0 Å². The second-order valence-electron chi connectivity index (χ2n) is 3.99. The van der Waals surface area contributed by atoms with E-state index in [0.29, 0.717) is 5.91 Å². The summed E-state index contributed by atoms with van der Waals surface area (Å²) in [6.07, 6.45) is 3.12. The summed E-state index contributed by atoms with van der Waals surface area (Å²) >= 11 is 0. The Labute approximate surface area is 84.6 Å². The van der Waals surface area contributed by atoms with E-state index >= 15 is 0 Å². The smallest absolute Gasteiger partial charge is 0.222 e. The predicted molar refractivity (Wildman–Crippen MR) is 53.0 cm³/mol. The van der Waals surface area contributed by atoms with Gasteiger partial charge in [-0.3, -0.25) is 4.79 Å². The first kappa shape index (κ1) is 9.93. The van der Waals surface area contributed by atoms with Crippen LogP contribution < -0.4 is 5.32 Å². The summed E-state index contributed by atoms with van der Waals surface area (Å²) in [7, 11) is 0. The van der Waals surface area contributed by atoms with Crippen LogP contribution in [0.3, 0.4) is 0 Å². The van der Waals surface area contributed by atoms with Crippen molar-refractivity contribution in [1.29, 1.82) is 0 Å². The first-order valence-electron chi connectivity index (χ1n) is 5.46. The molecular formula is C10H18N2O2. The molecule has 0 aromatic heterocycles. The molecule has 1 unspecified atom stereocenters. The molecule has 14 heavy (non-hydrogen) atoms. The van der Waals surface area contributed by atoms with Crippen LogP contribution in [-0.2, 0) is 9.53 Å². The molecule has 0 spiro atoms. The molecule has 2 fully saturated rings. The molecule has 4 heteroatoms. The minimum Gasteiger partial charge on any atom is -0.374 e. The summed E-state index contributed by atoms with van der Waals surface area (Å²) in [4.78, 5) is 13.5. The van der Waals surface area contributed by atoms with Crippen LogP contribution in [0.25, 0.3) is 0 Å². The first-order valence-corrected chi connectivity index (χ1v) is 5.46. The molecule has 80 valence electrons. The van der Waals surface area contributed by atoms with Crippen molar-refractivity contribution in [3.8, 4) is 0 Å². The number of ether oxygens (including phenoxy) is 1. The quantitative estimate of drug-likeness (QED) is 0.678. The highest BCUT2D eigenvalue weighted by atomic mass is 16.5. The third-order valence-corrected chi connectivity index (χ3v) is 2.85. The molecule has 0 aliphatic carbocycles. The number of nitrogens with one attached hydrogen (secondary N) is 1. The predicted octanol–water partition coefficient (Wildman–Crippen LogP) is -0.0127. The van der Waals surface area contributed by atoms with Crippen LogP contribution in [0.1, 0.15) is 19.3 Å². The summed E-state index contributed by atoms with van der Waals surface area (Å²) < 4.78 is 5.57. The van der Waals surface area contributed by atoms with Gasteiger partial charge in [-0.05, 0) is 12.8 Å². The van der Waals surface area contributed by atoms with Crippen molar-refractivity contribution in [2.45, 2.75) is 25.4 Å². The van der Waals surface area contributed by atoms with Gasteiger partial charge in [0.25, 0.3) is 0 Å². The van der Waals surface area contributed by atoms with Crippen molar-refractivity contribution < 1.29 is 9.53 Å².